The number of hydrogen-bond donors (Lipinski definition) is 3. The van der Waals surface area contributed by atoms with E-state index in [0.29, 0.717) is 16.4 Å². The molecule has 5 nitrogen and oxygen atoms in total. The van der Waals surface area contributed by atoms with Crippen molar-refractivity contribution in [3.63, 3.8) is 0 Å². The molecule has 4 rings (SSSR count). The van der Waals surface area contributed by atoms with E-state index >= 15 is 0 Å². The number of rotatable bonds is 6. The van der Waals surface area contributed by atoms with Crippen LogP contribution in [0.1, 0.15) is 27.4 Å². The van der Waals surface area contributed by atoms with E-state index in [4.69, 9.17) is 46.4 Å². The number of carbonyl (C=O) groups is 2. The molecule has 0 heterocycles. The molecular formula is C24H18Cl4FN3O2. The lowest BCUT2D eigenvalue weighted by atomic mass is 10.1. The second-order valence-electron chi connectivity index (χ2n) is 7.96. The molecule has 3 N–H and O–H groups in total. The average Bonchev–Trinajstić information content (AvgIpc) is 3.36. The SMILES string of the molecule is Cc1cc(Cl)cc(C2C(C(=O)Nc3ccc(Cl)c(C(=O)NNc4ccc(F)cc4)c3)C2(Cl)Cl)c1. The lowest BCUT2D eigenvalue weighted by Gasteiger charge is -2.11. The highest BCUT2D eigenvalue weighted by atomic mass is 35.5. The van der Waals surface area contributed by atoms with Gasteiger partial charge in [0.15, 0.2) is 0 Å². The first-order valence-corrected chi connectivity index (χ1v) is 11.6. The summed E-state index contributed by atoms with van der Waals surface area (Å²) in [5.74, 6) is -2.48. The Kier molecular flexibility index (Phi) is 6.97. The first-order chi connectivity index (χ1) is 16.1. The smallest absolute Gasteiger partial charge is 0.271 e. The quantitative estimate of drug-likeness (QED) is 0.240. The molecule has 3 aromatic rings. The molecule has 2 unspecified atom stereocenters. The van der Waals surface area contributed by atoms with Gasteiger partial charge in [0.2, 0.25) is 5.91 Å². The molecule has 0 spiro atoms. The van der Waals surface area contributed by atoms with Crippen LogP contribution in [0, 0.1) is 18.7 Å². The molecule has 34 heavy (non-hydrogen) atoms. The molecule has 0 bridgehead atoms. The Bertz CT molecular complexity index is 1250. The number of anilines is 2. The van der Waals surface area contributed by atoms with Crippen LogP contribution >= 0.6 is 46.4 Å². The molecule has 1 fully saturated rings. The maximum Gasteiger partial charge on any atom is 0.271 e. The van der Waals surface area contributed by atoms with Crippen molar-refractivity contribution < 1.29 is 14.0 Å². The summed E-state index contributed by atoms with van der Waals surface area (Å²) in [4.78, 5) is 25.6. The minimum absolute atomic E-state index is 0.120. The number of hydrogen-bond acceptors (Lipinski definition) is 3. The van der Waals surface area contributed by atoms with Crippen LogP contribution in [0.3, 0.4) is 0 Å². The van der Waals surface area contributed by atoms with Gasteiger partial charge in [-0.15, -0.1) is 23.2 Å². The van der Waals surface area contributed by atoms with Crippen LogP contribution in [0.15, 0.2) is 60.7 Å². The summed E-state index contributed by atoms with van der Waals surface area (Å²) in [5.41, 5.74) is 7.80. The van der Waals surface area contributed by atoms with Gasteiger partial charge in [-0.25, -0.2) is 4.39 Å². The normalized spacial score (nSPS) is 18.2. The maximum atomic E-state index is 13.0. The predicted octanol–water partition coefficient (Wildman–Crippen LogP) is 6.72. The Morgan fingerprint density at radius 3 is 2.29 bits per heavy atom. The molecule has 0 saturated heterocycles. The van der Waals surface area contributed by atoms with Gasteiger partial charge in [-0.1, -0.05) is 29.3 Å². The van der Waals surface area contributed by atoms with E-state index in [-0.39, 0.29) is 10.6 Å². The Morgan fingerprint density at radius 2 is 1.62 bits per heavy atom. The summed E-state index contributed by atoms with van der Waals surface area (Å²) in [5, 5.41) is 3.46. The van der Waals surface area contributed by atoms with E-state index in [2.05, 4.69) is 16.2 Å². The largest absolute Gasteiger partial charge is 0.326 e. The molecule has 2 atom stereocenters. The highest BCUT2D eigenvalue weighted by Crippen LogP contribution is 2.65. The number of nitrogens with one attached hydrogen (secondary N) is 3. The fraction of sp³-hybridized carbons (Fsp3) is 0.167. The number of aryl methyl sites for hydroxylation is 1. The number of amides is 2. The summed E-state index contributed by atoms with van der Waals surface area (Å²) in [6.07, 6.45) is 0. The summed E-state index contributed by atoms with van der Waals surface area (Å²) in [6, 6.07) is 15.4. The number of hydrazine groups is 1. The molecule has 0 radical (unpaired) electrons. The van der Waals surface area contributed by atoms with Gasteiger partial charge in [0.25, 0.3) is 5.91 Å². The summed E-state index contributed by atoms with van der Waals surface area (Å²) >= 11 is 25.2. The van der Waals surface area contributed by atoms with Gasteiger partial charge < -0.3 is 5.32 Å². The molecule has 1 saturated carbocycles. The summed E-state index contributed by atoms with van der Waals surface area (Å²) in [7, 11) is 0. The van der Waals surface area contributed by atoms with Gasteiger partial charge in [0, 0.05) is 16.6 Å². The van der Waals surface area contributed by atoms with E-state index in [1.165, 1.54) is 36.4 Å². The van der Waals surface area contributed by atoms with Crippen LogP contribution in [0.5, 0.6) is 0 Å². The third-order valence-corrected chi connectivity index (χ3v) is 6.89. The third kappa shape index (κ3) is 5.26. The Labute approximate surface area is 215 Å². The fourth-order valence-electron chi connectivity index (χ4n) is 3.74. The highest BCUT2D eigenvalue weighted by molar-refractivity contribution is 6.53. The van der Waals surface area contributed by atoms with E-state index in [1.807, 2.05) is 13.0 Å². The number of carbonyl (C=O) groups excluding carboxylic acids is 2. The molecule has 0 aromatic heterocycles. The maximum absolute atomic E-state index is 13.0. The van der Waals surface area contributed by atoms with E-state index in [0.717, 1.165) is 11.1 Å². The van der Waals surface area contributed by atoms with Crippen LogP contribution in [-0.2, 0) is 4.79 Å². The summed E-state index contributed by atoms with van der Waals surface area (Å²) in [6.45, 7) is 1.89. The summed E-state index contributed by atoms with van der Waals surface area (Å²) < 4.78 is 11.7. The van der Waals surface area contributed by atoms with Crippen molar-refractivity contribution in [2.45, 2.75) is 17.2 Å². The van der Waals surface area contributed by atoms with E-state index in [9.17, 15) is 14.0 Å². The molecule has 10 heteroatoms. The van der Waals surface area contributed by atoms with E-state index in [1.54, 1.807) is 18.2 Å². The number of benzene rings is 3. The fourth-order valence-corrected chi connectivity index (χ4v) is 5.07. The molecule has 0 aliphatic heterocycles. The molecule has 3 aromatic carbocycles. The average molecular weight is 541 g/mol. The van der Waals surface area contributed by atoms with Crippen LogP contribution in [0.4, 0.5) is 15.8 Å². The predicted molar refractivity (Wildman–Crippen MR) is 134 cm³/mol. The lowest BCUT2D eigenvalue weighted by Crippen LogP contribution is -2.29. The molecule has 1 aliphatic rings. The Morgan fingerprint density at radius 1 is 0.941 bits per heavy atom. The van der Waals surface area contributed by atoms with Crippen LogP contribution in [0.25, 0.3) is 0 Å². The van der Waals surface area contributed by atoms with Gasteiger partial charge in [0.05, 0.1) is 22.2 Å². The topological polar surface area (TPSA) is 70.2 Å². The van der Waals surface area contributed by atoms with Crippen LogP contribution < -0.4 is 16.2 Å². The van der Waals surface area contributed by atoms with Gasteiger partial charge >= 0.3 is 0 Å². The minimum Gasteiger partial charge on any atom is -0.326 e. The van der Waals surface area contributed by atoms with Gasteiger partial charge in [-0.05, 0) is 72.6 Å². The first-order valence-electron chi connectivity index (χ1n) is 10.1. The highest BCUT2D eigenvalue weighted by Gasteiger charge is 2.67. The Balaban J connectivity index is 1.45. The standard InChI is InChI=1S/C24H18Cl4FN3O2/c1-12-8-13(10-14(25)9-12)20-21(24(20,27)28)23(34)30-17-6-7-19(26)18(11-17)22(33)32-31-16-4-2-15(29)3-5-16/h2-11,20-21,31H,1H3,(H,30,34)(H,32,33). The second-order valence-corrected chi connectivity index (χ2v) is 10.2. The van der Waals surface area contributed by atoms with E-state index < -0.39 is 33.8 Å². The molecule has 1 aliphatic carbocycles. The minimum atomic E-state index is -1.28. The third-order valence-electron chi connectivity index (χ3n) is 5.40. The van der Waals surface area contributed by atoms with Crippen molar-refractivity contribution >= 4 is 69.6 Å². The second kappa shape index (κ2) is 9.62. The zero-order chi connectivity index (χ0) is 24.6. The van der Waals surface area contributed by atoms with Crippen molar-refractivity contribution in [2.24, 2.45) is 5.92 Å². The molecule has 2 amide bonds. The van der Waals surface area contributed by atoms with Crippen molar-refractivity contribution in [1.29, 1.82) is 0 Å². The lowest BCUT2D eigenvalue weighted by molar-refractivity contribution is -0.117. The van der Waals surface area contributed by atoms with Gasteiger partial charge in [-0.2, -0.15) is 0 Å². The zero-order valence-electron chi connectivity index (χ0n) is 17.6. The Hall–Kier alpha value is -2.51. The van der Waals surface area contributed by atoms with Crippen molar-refractivity contribution in [2.75, 3.05) is 10.7 Å². The molecular weight excluding hydrogens is 523 g/mol. The van der Waals surface area contributed by atoms with Crippen LogP contribution in [0.2, 0.25) is 10.0 Å². The van der Waals surface area contributed by atoms with Crippen molar-refractivity contribution in [3.8, 4) is 0 Å². The first kappa shape index (κ1) is 24.6. The van der Waals surface area contributed by atoms with Crippen molar-refractivity contribution in [3.05, 3.63) is 93.2 Å². The van der Waals surface area contributed by atoms with Gasteiger partial charge in [-0.3, -0.25) is 20.4 Å². The zero-order valence-corrected chi connectivity index (χ0v) is 20.7. The molecule has 176 valence electrons. The van der Waals surface area contributed by atoms with Crippen molar-refractivity contribution in [1.82, 2.24) is 5.43 Å². The monoisotopic (exact) mass is 539 g/mol. The van der Waals surface area contributed by atoms with Gasteiger partial charge in [0.1, 0.15) is 10.2 Å². The number of alkyl halides is 2. The van der Waals surface area contributed by atoms with Crippen LogP contribution in [-0.4, -0.2) is 16.1 Å². The number of halogens is 5.